The average Bonchev–Trinajstić information content (AvgIpc) is 3.31. The van der Waals surface area contributed by atoms with Crippen molar-refractivity contribution in [2.24, 2.45) is 0 Å². The molecule has 29 heavy (non-hydrogen) atoms. The molecule has 2 aromatic carbocycles. The summed E-state index contributed by atoms with van der Waals surface area (Å²) in [5.41, 5.74) is 3.56. The van der Waals surface area contributed by atoms with Gasteiger partial charge in [-0.2, -0.15) is 0 Å². The summed E-state index contributed by atoms with van der Waals surface area (Å²) in [4.78, 5) is 19.1. The van der Waals surface area contributed by atoms with Gasteiger partial charge in [-0.15, -0.1) is 0 Å². The second-order valence-electron chi connectivity index (χ2n) is 6.60. The van der Waals surface area contributed by atoms with E-state index >= 15 is 0 Å². The van der Waals surface area contributed by atoms with Crippen LogP contribution in [-0.4, -0.2) is 10.9 Å². The highest BCUT2D eigenvalue weighted by Crippen LogP contribution is 2.27. The van der Waals surface area contributed by atoms with Crippen LogP contribution in [0.4, 0.5) is 11.4 Å². The molecule has 0 fully saturated rings. The number of aromatic nitrogens is 1. The fourth-order valence-electron chi connectivity index (χ4n) is 3.09. The number of amides is 1. The van der Waals surface area contributed by atoms with Crippen molar-refractivity contribution in [1.29, 1.82) is 0 Å². The maximum Gasteiger partial charge on any atom is 0.253 e. The van der Waals surface area contributed by atoms with Crippen LogP contribution in [0.1, 0.15) is 21.7 Å². The minimum absolute atomic E-state index is 0.191. The molecule has 5 nitrogen and oxygen atoms in total. The molecule has 0 spiro atoms. The van der Waals surface area contributed by atoms with E-state index < -0.39 is 0 Å². The predicted molar refractivity (Wildman–Crippen MR) is 113 cm³/mol. The van der Waals surface area contributed by atoms with E-state index in [1.54, 1.807) is 24.7 Å². The summed E-state index contributed by atoms with van der Waals surface area (Å²) in [7, 11) is 0. The minimum Gasteiger partial charge on any atom is -0.467 e. The third kappa shape index (κ3) is 4.71. The van der Waals surface area contributed by atoms with E-state index in [0.717, 1.165) is 11.4 Å². The number of para-hydroxylation sites is 1. The lowest BCUT2D eigenvalue weighted by Gasteiger charge is -2.25. The second-order valence-corrected chi connectivity index (χ2v) is 6.60. The number of nitrogens with zero attached hydrogens (tertiary/aromatic N) is 2. The van der Waals surface area contributed by atoms with E-state index in [0.29, 0.717) is 24.4 Å². The Morgan fingerprint density at radius 1 is 0.897 bits per heavy atom. The van der Waals surface area contributed by atoms with Crippen molar-refractivity contribution < 1.29 is 9.21 Å². The highest BCUT2D eigenvalue weighted by molar-refractivity contribution is 5.94. The van der Waals surface area contributed by atoms with Crippen LogP contribution in [0, 0.1) is 0 Å². The SMILES string of the molecule is O=C(NCc1ccco1)c1cncc(N(Cc2ccccc2)c2ccccc2)c1. The molecule has 2 heterocycles. The quantitative estimate of drug-likeness (QED) is 0.491. The standard InChI is InChI=1S/C24H21N3O2/c28-24(26-17-23-12-7-13-29-23)20-14-22(16-25-15-20)27(21-10-5-2-6-11-21)18-19-8-3-1-4-9-19/h1-16H,17-18H2,(H,26,28). The number of pyridine rings is 1. The van der Waals surface area contributed by atoms with Crippen molar-refractivity contribution in [2.75, 3.05) is 4.90 Å². The topological polar surface area (TPSA) is 58.4 Å². The van der Waals surface area contributed by atoms with E-state index in [9.17, 15) is 4.79 Å². The smallest absolute Gasteiger partial charge is 0.253 e. The van der Waals surface area contributed by atoms with Gasteiger partial charge in [0.1, 0.15) is 5.76 Å². The van der Waals surface area contributed by atoms with Crippen LogP contribution < -0.4 is 10.2 Å². The molecule has 1 amide bonds. The summed E-state index contributed by atoms with van der Waals surface area (Å²) in [5, 5.41) is 2.87. The van der Waals surface area contributed by atoms with Gasteiger partial charge >= 0.3 is 0 Å². The molecule has 0 saturated carbocycles. The van der Waals surface area contributed by atoms with Gasteiger partial charge < -0.3 is 14.6 Å². The van der Waals surface area contributed by atoms with Crippen molar-refractivity contribution in [3.8, 4) is 0 Å². The first-order valence-electron chi connectivity index (χ1n) is 9.42. The number of nitrogens with one attached hydrogen (secondary N) is 1. The normalized spacial score (nSPS) is 10.5. The van der Waals surface area contributed by atoms with Crippen LogP contribution >= 0.6 is 0 Å². The van der Waals surface area contributed by atoms with Gasteiger partial charge in [-0.3, -0.25) is 9.78 Å². The van der Waals surface area contributed by atoms with Crippen LogP contribution in [-0.2, 0) is 13.1 Å². The van der Waals surface area contributed by atoms with Gasteiger partial charge in [-0.05, 0) is 35.9 Å². The van der Waals surface area contributed by atoms with Crippen molar-refractivity contribution in [3.63, 3.8) is 0 Å². The molecular weight excluding hydrogens is 362 g/mol. The Labute approximate surface area is 169 Å². The lowest BCUT2D eigenvalue weighted by molar-refractivity contribution is 0.0947. The van der Waals surface area contributed by atoms with E-state index in [4.69, 9.17) is 4.42 Å². The van der Waals surface area contributed by atoms with E-state index in [1.807, 2.05) is 60.7 Å². The average molecular weight is 383 g/mol. The van der Waals surface area contributed by atoms with Crippen LogP contribution in [0.15, 0.2) is 102 Å². The fraction of sp³-hybridized carbons (Fsp3) is 0.0833. The molecule has 0 bridgehead atoms. The predicted octanol–water partition coefficient (Wildman–Crippen LogP) is 4.94. The molecule has 4 rings (SSSR count). The summed E-state index contributed by atoms with van der Waals surface area (Å²) in [5.74, 6) is 0.515. The summed E-state index contributed by atoms with van der Waals surface area (Å²) in [6, 6.07) is 25.8. The first-order valence-corrected chi connectivity index (χ1v) is 9.42. The van der Waals surface area contributed by atoms with Crippen molar-refractivity contribution >= 4 is 17.3 Å². The van der Waals surface area contributed by atoms with E-state index in [-0.39, 0.29) is 5.91 Å². The van der Waals surface area contributed by atoms with Crippen LogP contribution in [0.2, 0.25) is 0 Å². The highest BCUT2D eigenvalue weighted by atomic mass is 16.3. The minimum atomic E-state index is -0.191. The zero-order valence-electron chi connectivity index (χ0n) is 15.9. The maximum atomic E-state index is 12.6. The molecule has 144 valence electrons. The molecule has 0 radical (unpaired) electrons. The first kappa shape index (κ1) is 18.5. The number of furan rings is 1. The van der Waals surface area contributed by atoms with Crippen LogP contribution in [0.3, 0.4) is 0 Å². The molecule has 2 aromatic heterocycles. The van der Waals surface area contributed by atoms with Crippen molar-refractivity contribution in [1.82, 2.24) is 10.3 Å². The Kier molecular flexibility index (Phi) is 5.67. The third-order valence-corrected chi connectivity index (χ3v) is 4.55. The largest absolute Gasteiger partial charge is 0.467 e. The highest BCUT2D eigenvalue weighted by Gasteiger charge is 2.14. The fourth-order valence-corrected chi connectivity index (χ4v) is 3.09. The summed E-state index contributed by atoms with van der Waals surface area (Å²) >= 11 is 0. The number of carbonyl (C=O) groups excluding carboxylic acids is 1. The van der Waals surface area contributed by atoms with Gasteiger partial charge in [0, 0.05) is 18.4 Å². The van der Waals surface area contributed by atoms with Gasteiger partial charge in [-0.1, -0.05) is 48.5 Å². The van der Waals surface area contributed by atoms with Gasteiger partial charge in [0.15, 0.2) is 0 Å². The van der Waals surface area contributed by atoms with Crippen LogP contribution in [0.25, 0.3) is 0 Å². The molecule has 0 saturated heterocycles. The number of anilines is 2. The van der Waals surface area contributed by atoms with Crippen molar-refractivity contribution in [3.05, 3.63) is 114 Å². The molecule has 0 aliphatic heterocycles. The maximum absolute atomic E-state index is 12.6. The van der Waals surface area contributed by atoms with Crippen molar-refractivity contribution in [2.45, 2.75) is 13.1 Å². The van der Waals surface area contributed by atoms with Gasteiger partial charge in [-0.25, -0.2) is 0 Å². The van der Waals surface area contributed by atoms with Crippen LogP contribution in [0.5, 0.6) is 0 Å². The van der Waals surface area contributed by atoms with Gasteiger partial charge in [0.25, 0.3) is 5.91 Å². The molecule has 0 atom stereocenters. The second kappa shape index (κ2) is 8.89. The number of hydrogen-bond donors (Lipinski definition) is 1. The molecule has 0 unspecified atom stereocenters. The summed E-state index contributed by atoms with van der Waals surface area (Å²) in [6.45, 7) is 1.01. The molecule has 4 aromatic rings. The first-order chi connectivity index (χ1) is 14.3. The molecular formula is C24H21N3O2. The molecule has 0 aliphatic carbocycles. The Morgan fingerprint density at radius 2 is 1.66 bits per heavy atom. The number of rotatable bonds is 7. The zero-order valence-corrected chi connectivity index (χ0v) is 15.9. The Hall–Kier alpha value is -3.86. The summed E-state index contributed by atoms with van der Waals surface area (Å²) in [6.07, 6.45) is 4.94. The Bertz CT molecular complexity index is 1050. The number of hydrogen-bond acceptors (Lipinski definition) is 4. The monoisotopic (exact) mass is 383 g/mol. The third-order valence-electron chi connectivity index (χ3n) is 4.55. The zero-order chi connectivity index (χ0) is 19.9. The molecule has 5 heteroatoms. The molecule has 0 aliphatic rings. The lowest BCUT2D eigenvalue weighted by Crippen LogP contribution is -2.23. The lowest BCUT2D eigenvalue weighted by atomic mass is 10.1. The van der Waals surface area contributed by atoms with E-state index in [2.05, 4.69) is 27.3 Å². The number of benzene rings is 2. The van der Waals surface area contributed by atoms with Gasteiger partial charge in [0.05, 0.1) is 30.3 Å². The van der Waals surface area contributed by atoms with E-state index in [1.165, 1.54) is 5.56 Å². The molecule has 1 N–H and O–H groups in total. The Morgan fingerprint density at radius 3 is 2.38 bits per heavy atom. The van der Waals surface area contributed by atoms with Gasteiger partial charge in [0.2, 0.25) is 0 Å². The number of carbonyl (C=O) groups is 1. The summed E-state index contributed by atoms with van der Waals surface area (Å²) < 4.78 is 5.27. The Balaban J connectivity index is 1.59.